The average Bonchev–Trinajstić information content (AvgIpc) is 2.81. The van der Waals surface area contributed by atoms with Crippen LogP contribution in [0.3, 0.4) is 0 Å². The lowest BCUT2D eigenvalue weighted by molar-refractivity contribution is -0.123. The number of methoxy groups -OCH3 is 1. The second kappa shape index (κ2) is 8.17. The summed E-state index contributed by atoms with van der Waals surface area (Å²) in [5, 5.41) is -0.255. The molecule has 0 N–H and O–H groups in total. The van der Waals surface area contributed by atoms with Crippen molar-refractivity contribution in [3.8, 4) is 5.75 Å². The molecular weight excluding hydrogens is 314 g/mol. The number of carbonyl (C=O) groups is 2. The van der Waals surface area contributed by atoms with E-state index in [1.807, 2.05) is 31.2 Å². The van der Waals surface area contributed by atoms with Crippen LogP contribution in [0.2, 0.25) is 0 Å². The number of hydrogen-bond acceptors (Lipinski definition) is 5. The summed E-state index contributed by atoms with van der Waals surface area (Å²) in [5.74, 6) is 0.529. The van der Waals surface area contributed by atoms with Gasteiger partial charge in [-0.2, -0.15) is 0 Å². The molecule has 0 spiro atoms. The SMILES string of the molecule is CC[C@H](C)Oc1ccc(/C=C2/SC(=O)N(CCOC)C2=O)cc1. The summed E-state index contributed by atoms with van der Waals surface area (Å²) in [6.07, 6.45) is 2.83. The molecule has 124 valence electrons. The Morgan fingerprint density at radius 3 is 2.57 bits per heavy atom. The number of ether oxygens (including phenoxy) is 2. The van der Waals surface area contributed by atoms with E-state index in [9.17, 15) is 9.59 Å². The monoisotopic (exact) mass is 335 g/mol. The van der Waals surface area contributed by atoms with Crippen molar-refractivity contribution in [1.82, 2.24) is 4.90 Å². The van der Waals surface area contributed by atoms with Gasteiger partial charge < -0.3 is 9.47 Å². The standard InChI is InChI=1S/C17H21NO4S/c1-4-12(2)22-14-7-5-13(6-8-14)11-15-16(19)18(9-10-21-3)17(20)23-15/h5-8,11-12H,4,9-10H2,1-3H3/b15-11+/t12-/m0/s1. The Morgan fingerprint density at radius 1 is 1.26 bits per heavy atom. The zero-order valence-corrected chi connectivity index (χ0v) is 14.4. The molecule has 1 atom stereocenters. The second-order valence-electron chi connectivity index (χ2n) is 5.23. The molecule has 1 aliphatic rings. The van der Waals surface area contributed by atoms with Gasteiger partial charge in [-0.25, -0.2) is 0 Å². The first-order valence-corrected chi connectivity index (χ1v) is 8.37. The fourth-order valence-electron chi connectivity index (χ4n) is 1.98. The molecule has 1 aliphatic heterocycles. The Balaban J connectivity index is 2.07. The molecule has 6 heteroatoms. The second-order valence-corrected chi connectivity index (χ2v) is 6.23. The maximum atomic E-state index is 12.2. The van der Waals surface area contributed by atoms with E-state index in [-0.39, 0.29) is 23.8 Å². The van der Waals surface area contributed by atoms with Crippen LogP contribution in [-0.4, -0.2) is 42.4 Å². The van der Waals surface area contributed by atoms with Crippen molar-refractivity contribution in [2.75, 3.05) is 20.3 Å². The molecule has 2 amide bonds. The number of amides is 2. The predicted octanol–water partition coefficient (Wildman–Crippen LogP) is 3.55. The van der Waals surface area contributed by atoms with Crippen LogP contribution in [0.5, 0.6) is 5.75 Å². The van der Waals surface area contributed by atoms with Crippen molar-refractivity contribution in [1.29, 1.82) is 0 Å². The highest BCUT2D eigenvalue weighted by atomic mass is 32.2. The molecule has 2 rings (SSSR count). The van der Waals surface area contributed by atoms with Gasteiger partial charge in [0.25, 0.3) is 11.1 Å². The summed E-state index contributed by atoms with van der Waals surface area (Å²) >= 11 is 0.957. The van der Waals surface area contributed by atoms with E-state index in [4.69, 9.17) is 9.47 Å². The Labute approximate surface area is 140 Å². The fourth-order valence-corrected chi connectivity index (χ4v) is 2.85. The number of imide groups is 1. The van der Waals surface area contributed by atoms with Gasteiger partial charge in [-0.3, -0.25) is 14.5 Å². The third kappa shape index (κ3) is 4.59. The average molecular weight is 335 g/mol. The van der Waals surface area contributed by atoms with E-state index >= 15 is 0 Å². The molecule has 0 unspecified atom stereocenters. The first-order valence-electron chi connectivity index (χ1n) is 7.56. The Morgan fingerprint density at radius 2 is 1.96 bits per heavy atom. The van der Waals surface area contributed by atoms with E-state index in [0.29, 0.717) is 11.5 Å². The lowest BCUT2D eigenvalue weighted by Crippen LogP contribution is -2.31. The molecule has 1 heterocycles. The van der Waals surface area contributed by atoms with Crippen LogP contribution >= 0.6 is 11.8 Å². The predicted molar refractivity (Wildman–Crippen MR) is 91.4 cm³/mol. The largest absolute Gasteiger partial charge is 0.491 e. The maximum absolute atomic E-state index is 12.2. The first-order chi connectivity index (χ1) is 11.0. The Bertz CT molecular complexity index is 597. The molecule has 0 radical (unpaired) electrons. The highest BCUT2D eigenvalue weighted by molar-refractivity contribution is 8.18. The minimum Gasteiger partial charge on any atom is -0.491 e. The van der Waals surface area contributed by atoms with Crippen molar-refractivity contribution in [2.45, 2.75) is 26.4 Å². The van der Waals surface area contributed by atoms with Crippen LogP contribution in [0.4, 0.5) is 4.79 Å². The van der Waals surface area contributed by atoms with Gasteiger partial charge in [0.2, 0.25) is 0 Å². The zero-order valence-electron chi connectivity index (χ0n) is 13.6. The van der Waals surface area contributed by atoms with E-state index in [0.717, 1.165) is 29.5 Å². The van der Waals surface area contributed by atoms with Gasteiger partial charge in [0.05, 0.1) is 24.2 Å². The third-order valence-electron chi connectivity index (χ3n) is 3.48. The van der Waals surface area contributed by atoms with Gasteiger partial charge >= 0.3 is 0 Å². The number of hydrogen-bond donors (Lipinski definition) is 0. The smallest absolute Gasteiger partial charge is 0.293 e. The van der Waals surface area contributed by atoms with E-state index in [1.54, 1.807) is 6.08 Å². The van der Waals surface area contributed by atoms with Gasteiger partial charge in [0.15, 0.2) is 0 Å². The molecule has 1 fully saturated rings. The van der Waals surface area contributed by atoms with Crippen LogP contribution < -0.4 is 4.74 Å². The first kappa shape index (κ1) is 17.6. The Hall–Kier alpha value is -1.79. The topological polar surface area (TPSA) is 55.8 Å². The number of nitrogens with zero attached hydrogens (tertiary/aromatic N) is 1. The minimum absolute atomic E-state index is 0.165. The van der Waals surface area contributed by atoms with Crippen molar-refractivity contribution in [3.63, 3.8) is 0 Å². The summed E-state index contributed by atoms with van der Waals surface area (Å²) in [6.45, 7) is 4.70. The summed E-state index contributed by atoms with van der Waals surface area (Å²) in [6, 6.07) is 7.49. The van der Waals surface area contributed by atoms with Gasteiger partial charge in [-0.05, 0) is 48.9 Å². The van der Waals surface area contributed by atoms with Gasteiger partial charge in [-0.1, -0.05) is 19.1 Å². The van der Waals surface area contributed by atoms with E-state index in [1.165, 1.54) is 12.0 Å². The zero-order chi connectivity index (χ0) is 16.8. The van der Waals surface area contributed by atoms with Crippen LogP contribution in [0.1, 0.15) is 25.8 Å². The Kier molecular flexibility index (Phi) is 6.24. The lowest BCUT2D eigenvalue weighted by atomic mass is 10.2. The normalized spacial score (nSPS) is 17.9. The number of thioether (sulfide) groups is 1. The van der Waals surface area contributed by atoms with E-state index < -0.39 is 0 Å². The van der Waals surface area contributed by atoms with Crippen LogP contribution in [-0.2, 0) is 9.53 Å². The summed E-state index contributed by atoms with van der Waals surface area (Å²) in [7, 11) is 1.54. The van der Waals surface area contributed by atoms with Crippen LogP contribution in [0.25, 0.3) is 6.08 Å². The summed E-state index contributed by atoms with van der Waals surface area (Å²) < 4.78 is 10.6. The minimum atomic E-state index is -0.267. The van der Waals surface area contributed by atoms with Crippen molar-refractivity contribution in [2.24, 2.45) is 0 Å². The van der Waals surface area contributed by atoms with E-state index in [2.05, 4.69) is 6.92 Å². The summed E-state index contributed by atoms with van der Waals surface area (Å²) in [5.41, 5.74) is 0.860. The molecule has 0 aromatic heterocycles. The molecule has 0 aliphatic carbocycles. The van der Waals surface area contributed by atoms with Gasteiger partial charge in [-0.15, -0.1) is 0 Å². The highest BCUT2D eigenvalue weighted by Gasteiger charge is 2.34. The molecule has 1 aromatic carbocycles. The van der Waals surface area contributed by atoms with Crippen molar-refractivity contribution >= 4 is 29.0 Å². The third-order valence-corrected chi connectivity index (χ3v) is 4.39. The van der Waals surface area contributed by atoms with Crippen molar-refractivity contribution < 1.29 is 19.1 Å². The van der Waals surface area contributed by atoms with Crippen molar-refractivity contribution in [3.05, 3.63) is 34.7 Å². The van der Waals surface area contributed by atoms with Gasteiger partial charge in [0.1, 0.15) is 5.75 Å². The molecule has 1 saturated heterocycles. The number of rotatable bonds is 7. The summed E-state index contributed by atoms with van der Waals surface area (Å²) in [4.78, 5) is 25.7. The molecule has 0 saturated carbocycles. The number of benzene rings is 1. The maximum Gasteiger partial charge on any atom is 0.293 e. The quantitative estimate of drug-likeness (QED) is 0.713. The molecule has 23 heavy (non-hydrogen) atoms. The highest BCUT2D eigenvalue weighted by Crippen LogP contribution is 2.32. The fraction of sp³-hybridized carbons (Fsp3) is 0.412. The molecule has 0 bridgehead atoms. The molecular formula is C17H21NO4S. The van der Waals surface area contributed by atoms with Gasteiger partial charge in [0, 0.05) is 7.11 Å². The lowest BCUT2D eigenvalue weighted by Gasteiger charge is -2.12. The van der Waals surface area contributed by atoms with Crippen LogP contribution in [0.15, 0.2) is 29.2 Å². The molecule has 1 aromatic rings. The van der Waals surface area contributed by atoms with Crippen LogP contribution in [0, 0.1) is 0 Å². The number of carbonyl (C=O) groups excluding carboxylic acids is 2. The molecule has 5 nitrogen and oxygen atoms in total.